The molecule has 3 rings (SSSR count). The summed E-state index contributed by atoms with van der Waals surface area (Å²) in [5, 5.41) is 0.436. The zero-order valence-corrected chi connectivity index (χ0v) is 18.3. The van der Waals surface area contributed by atoms with E-state index in [4.69, 9.17) is 14.9 Å². The van der Waals surface area contributed by atoms with Gasteiger partial charge in [0.1, 0.15) is 11.1 Å². The largest absolute Gasteiger partial charge is 0.490 e. The number of Topliss-reactive ketones (excluding diaryl/α,β-unsaturated/α-hetero) is 2. The molecule has 2 N–H and O–H groups in total. The van der Waals surface area contributed by atoms with E-state index in [1.807, 2.05) is 13.8 Å². The first-order valence-corrected chi connectivity index (χ1v) is 10.4. The Hall–Kier alpha value is -3.00. The van der Waals surface area contributed by atoms with Gasteiger partial charge in [-0.2, -0.15) is 0 Å². The third-order valence-electron chi connectivity index (χ3n) is 5.77. The van der Waals surface area contributed by atoms with E-state index in [1.54, 1.807) is 24.3 Å². The van der Waals surface area contributed by atoms with Crippen LogP contribution >= 0.6 is 0 Å². The van der Waals surface area contributed by atoms with E-state index in [1.165, 1.54) is 18.9 Å². The molecule has 1 saturated heterocycles. The van der Waals surface area contributed by atoms with E-state index >= 15 is 0 Å². The van der Waals surface area contributed by atoms with Gasteiger partial charge >= 0.3 is 5.63 Å². The number of fused-ring (bicyclic) bond motifs is 1. The van der Waals surface area contributed by atoms with Gasteiger partial charge in [0.25, 0.3) is 0 Å². The zero-order chi connectivity index (χ0) is 22.9. The maximum Gasteiger partial charge on any atom is 0.379 e. The lowest BCUT2D eigenvalue weighted by atomic mass is 9.79. The number of methoxy groups -OCH3 is 1. The van der Waals surface area contributed by atoms with E-state index < -0.39 is 34.7 Å². The summed E-state index contributed by atoms with van der Waals surface area (Å²) in [5.41, 5.74) is 4.15. The molecule has 1 aromatic heterocycles. The second-order valence-electron chi connectivity index (χ2n) is 8.37. The fourth-order valence-electron chi connectivity index (χ4n) is 4.56. The number of hydrogen-bond donors (Lipinski definition) is 1. The van der Waals surface area contributed by atoms with Crippen LogP contribution in [-0.2, 0) is 19.9 Å². The minimum absolute atomic E-state index is 0.165. The predicted octanol–water partition coefficient (Wildman–Crippen LogP) is 2.15. The maximum atomic E-state index is 13.5. The van der Waals surface area contributed by atoms with Gasteiger partial charge in [-0.1, -0.05) is 32.0 Å². The molecule has 31 heavy (non-hydrogen) atoms. The molecule has 8 heteroatoms. The summed E-state index contributed by atoms with van der Waals surface area (Å²) in [6.45, 7) is 5.30. The highest BCUT2D eigenvalue weighted by molar-refractivity contribution is 6.40. The Kier molecular flexibility index (Phi) is 6.31. The number of carbonyl (C=O) groups excluding carboxylic acids is 3. The normalized spacial score (nSPS) is 19.6. The Bertz CT molecular complexity index is 1090. The van der Waals surface area contributed by atoms with Crippen molar-refractivity contribution in [1.29, 1.82) is 0 Å². The summed E-state index contributed by atoms with van der Waals surface area (Å²) in [6, 6.07) is 5.85. The Balaban J connectivity index is 2.36. The fourth-order valence-corrected chi connectivity index (χ4v) is 4.56. The lowest BCUT2D eigenvalue weighted by Gasteiger charge is -2.39. The van der Waals surface area contributed by atoms with Gasteiger partial charge in [0, 0.05) is 24.4 Å². The number of ketones is 2. The first-order chi connectivity index (χ1) is 14.6. The summed E-state index contributed by atoms with van der Waals surface area (Å²) in [7, 11) is 1.29. The summed E-state index contributed by atoms with van der Waals surface area (Å²) < 4.78 is 10.7. The first kappa shape index (κ1) is 22.7. The van der Waals surface area contributed by atoms with Crippen molar-refractivity contribution in [3.8, 4) is 5.75 Å². The average Bonchev–Trinajstić information content (AvgIpc) is 3.16. The van der Waals surface area contributed by atoms with E-state index in [-0.39, 0.29) is 35.8 Å². The van der Waals surface area contributed by atoms with Crippen LogP contribution in [0.2, 0.25) is 0 Å². The van der Waals surface area contributed by atoms with Gasteiger partial charge in [0.15, 0.2) is 5.78 Å². The van der Waals surface area contributed by atoms with Gasteiger partial charge in [-0.3, -0.25) is 14.4 Å². The van der Waals surface area contributed by atoms with Crippen LogP contribution < -0.4 is 16.1 Å². The predicted molar refractivity (Wildman–Crippen MR) is 115 cm³/mol. The third-order valence-corrected chi connectivity index (χ3v) is 5.77. The highest BCUT2D eigenvalue weighted by atomic mass is 16.5. The Morgan fingerprint density at radius 2 is 1.94 bits per heavy atom. The van der Waals surface area contributed by atoms with E-state index in [0.717, 1.165) is 0 Å². The Labute approximate surface area is 180 Å². The van der Waals surface area contributed by atoms with Crippen molar-refractivity contribution in [1.82, 2.24) is 4.90 Å². The number of amides is 1. The van der Waals surface area contributed by atoms with Crippen LogP contribution in [0.3, 0.4) is 0 Å². The minimum Gasteiger partial charge on any atom is -0.490 e. The Morgan fingerprint density at radius 1 is 1.26 bits per heavy atom. The molecule has 2 atom stereocenters. The molecular weight excluding hydrogens is 400 g/mol. The number of ether oxygens (including phenoxy) is 1. The molecule has 0 unspecified atom stereocenters. The third kappa shape index (κ3) is 3.76. The smallest absolute Gasteiger partial charge is 0.379 e. The van der Waals surface area contributed by atoms with Crippen LogP contribution in [0.1, 0.15) is 45.6 Å². The summed E-state index contributed by atoms with van der Waals surface area (Å²) in [4.78, 5) is 53.4. The highest BCUT2D eigenvalue weighted by Crippen LogP contribution is 2.46. The van der Waals surface area contributed by atoms with E-state index in [2.05, 4.69) is 0 Å². The van der Waals surface area contributed by atoms with Crippen LogP contribution in [0.15, 0.2) is 33.5 Å². The van der Waals surface area contributed by atoms with Gasteiger partial charge in [0.05, 0.1) is 13.2 Å². The minimum atomic E-state index is -1.68. The number of nitrogens with zero attached hydrogens (tertiary/aromatic N) is 1. The van der Waals surface area contributed by atoms with Gasteiger partial charge in [0.2, 0.25) is 17.4 Å². The van der Waals surface area contributed by atoms with Crippen LogP contribution in [0.25, 0.3) is 11.0 Å². The van der Waals surface area contributed by atoms with Gasteiger partial charge in [-0.25, -0.2) is 4.79 Å². The molecule has 0 spiro atoms. The number of carbonyl (C=O) groups is 3. The second kappa shape index (κ2) is 8.63. The Morgan fingerprint density at radius 3 is 2.55 bits per heavy atom. The molecule has 0 aliphatic carbocycles. The molecule has 1 aliphatic rings. The van der Waals surface area contributed by atoms with Crippen LogP contribution in [0.5, 0.6) is 5.75 Å². The topological polar surface area (TPSA) is 120 Å². The monoisotopic (exact) mass is 428 g/mol. The molecule has 2 heterocycles. The van der Waals surface area contributed by atoms with Gasteiger partial charge in [-0.15, -0.1) is 0 Å². The van der Waals surface area contributed by atoms with Crippen molar-refractivity contribution >= 4 is 28.4 Å². The lowest BCUT2D eigenvalue weighted by molar-refractivity contribution is -0.150. The molecule has 8 nitrogen and oxygen atoms in total. The molecule has 166 valence electrons. The SMILES string of the molecule is COc1c([C@@]2(C(=O)C(C)=O)CCCN2C(=O)[C@@H](N)CC(C)C)c2ccccc2oc1=O. The molecule has 0 radical (unpaired) electrons. The molecule has 1 amide bonds. The number of hydrogen-bond acceptors (Lipinski definition) is 7. The van der Waals surface area contributed by atoms with Gasteiger partial charge in [-0.05, 0) is 31.2 Å². The quantitative estimate of drug-likeness (QED) is 0.530. The van der Waals surface area contributed by atoms with Crippen molar-refractivity contribution in [2.24, 2.45) is 11.7 Å². The van der Waals surface area contributed by atoms with Crippen molar-refractivity contribution in [2.45, 2.75) is 51.6 Å². The molecule has 1 fully saturated rings. The number of benzene rings is 1. The average molecular weight is 428 g/mol. The summed E-state index contributed by atoms with van der Waals surface area (Å²) >= 11 is 0. The summed E-state index contributed by atoms with van der Waals surface area (Å²) in [5.74, 6) is -1.94. The van der Waals surface area contributed by atoms with E-state index in [0.29, 0.717) is 18.2 Å². The number of nitrogens with two attached hydrogens (primary N) is 1. The number of likely N-dealkylation sites (tertiary alicyclic amines) is 1. The lowest BCUT2D eigenvalue weighted by Crippen LogP contribution is -2.57. The van der Waals surface area contributed by atoms with Crippen LogP contribution in [0.4, 0.5) is 0 Å². The molecule has 0 saturated carbocycles. The highest BCUT2D eigenvalue weighted by Gasteiger charge is 2.55. The zero-order valence-electron chi connectivity index (χ0n) is 18.3. The second-order valence-corrected chi connectivity index (χ2v) is 8.37. The number of para-hydroxylation sites is 1. The fraction of sp³-hybridized carbons (Fsp3) is 0.478. The van der Waals surface area contributed by atoms with Crippen molar-refractivity contribution in [3.05, 3.63) is 40.2 Å². The van der Waals surface area contributed by atoms with Crippen LogP contribution in [0, 0.1) is 5.92 Å². The maximum absolute atomic E-state index is 13.5. The van der Waals surface area contributed by atoms with Crippen LogP contribution in [-0.4, -0.2) is 42.1 Å². The standard InChI is InChI=1S/C23H28N2O6/c1-13(2)12-16(24)21(28)25-11-7-10-23(25,20(27)14(3)26)18-15-8-5-6-9-17(15)31-22(29)19(18)30-4/h5-6,8-9,13,16H,7,10-12,24H2,1-4H3/t16-,23+/m0/s1. The molecular formula is C23H28N2O6. The molecule has 1 aromatic carbocycles. The van der Waals surface area contributed by atoms with Crippen molar-refractivity contribution < 1.29 is 23.5 Å². The molecule has 2 aromatic rings. The first-order valence-electron chi connectivity index (χ1n) is 10.4. The molecule has 1 aliphatic heterocycles. The number of rotatable bonds is 7. The van der Waals surface area contributed by atoms with Gasteiger partial charge < -0.3 is 19.8 Å². The van der Waals surface area contributed by atoms with Crippen molar-refractivity contribution in [3.63, 3.8) is 0 Å². The molecule has 0 bridgehead atoms. The van der Waals surface area contributed by atoms with E-state index in [9.17, 15) is 19.2 Å². The summed E-state index contributed by atoms with van der Waals surface area (Å²) in [6.07, 6.45) is 1.07. The van der Waals surface area contributed by atoms with Crippen molar-refractivity contribution in [2.75, 3.05) is 13.7 Å².